The lowest BCUT2D eigenvalue weighted by Gasteiger charge is -2.11. The molecule has 0 amide bonds. The van der Waals surface area contributed by atoms with Gasteiger partial charge in [-0.2, -0.15) is 0 Å². The second kappa shape index (κ2) is 9.56. The number of carbonyl (C=O) groups excluding carboxylic acids is 1. The van der Waals surface area contributed by atoms with Crippen LogP contribution in [0.25, 0.3) is 0 Å². The number of carbonyl (C=O) groups is 1. The Kier molecular flexibility index (Phi) is 6.88. The van der Waals surface area contributed by atoms with Crippen LogP contribution in [0.5, 0.6) is 11.5 Å². The number of rotatable bonds is 7. The standard InChI is InChI=1S/C24H23BrO3/c1-17(2)20-10-13-23(22(25)16-20)28-24(26)19-8-11-21(12-9-19)27-15-14-18-6-4-3-5-7-18/h3-13,16-17H,14-15H2,1-2H3. The third kappa shape index (κ3) is 5.46. The van der Waals surface area contributed by atoms with Crippen molar-refractivity contribution in [1.29, 1.82) is 0 Å². The molecule has 0 spiro atoms. The van der Waals surface area contributed by atoms with Gasteiger partial charge in [0.05, 0.1) is 16.6 Å². The number of ether oxygens (including phenoxy) is 2. The summed E-state index contributed by atoms with van der Waals surface area (Å²) in [6, 6.07) is 23.0. The Labute approximate surface area is 174 Å². The first-order valence-corrected chi connectivity index (χ1v) is 10.1. The van der Waals surface area contributed by atoms with E-state index in [0.29, 0.717) is 23.8 Å². The zero-order valence-electron chi connectivity index (χ0n) is 16.0. The Hall–Kier alpha value is -2.59. The largest absolute Gasteiger partial charge is 0.493 e. The molecule has 0 bridgehead atoms. The first-order valence-electron chi connectivity index (χ1n) is 9.31. The third-order valence-electron chi connectivity index (χ3n) is 4.42. The molecule has 0 aliphatic rings. The summed E-state index contributed by atoms with van der Waals surface area (Å²) < 4.78 is 12.0. The average Bonchev–Trinajstić information content (AvgIpc) is 2.70. The molecule has 3 nitrogen and oxygen atoms in total. The SMILES string of the molecule is CC(C)c1ccc(OC(=O)c2ccc(OCCc3ccccc3)cc2)c(Br)c1. The Bertz CT molecular complexity index is 918. The quantitative estimate of drug-likeness (QED) is 0.315. The van der Waals surface area contributed by atoms with E-state index in [1.807, 2.05) is 36.4 Å². The molecule has 4 heteroatoms. The van der Waals surface area contributed by atoms with E-state index >= 15 is 0 Å². The summed E-state index contributed by atoms with van der Waals surface area (Å²) in [5.74, 6) is 1.26. The molecule has 3 aromatic carbocycles. The molecule has 0 aromatic heterocycles. The van der Waals surface area contributed by atoms with Crippen LogP contribution in [0.3, 0.4) is 0 Å². The number of benzene rings is 3. The van der Waals surface area contributed by atoms with Gasteiger partial charge in [0.2, 0.25) is 0 Å². The molecule has 0 fully saturated rings. The maximum absolute atomic E-state index is 12.4. The Morgan fingerprint density at radius 2 is 1.68 bits per heavy atom. The minimum absolute atomic E-state index is 0.395. The molecule has 28 heavy (non-hydrogen) atoms. The van der Waals surface area contributed by atoms with Gasteiger partial charge in [-0.25, -0.2) is 4.79 Å². The predicted octanol–water partition coefficient (Wildman–Crippen LogP) is 6.41. The van der Waals surface area contributed by atoms with Gasteiger partial charge in [0.25, 0.3) is 0 Å². The molecule has 0 saturated carbocycles. The number of hydrogen-bond donors (Lipinski definition) is 0. The molecule has 0 saturated heterocycles. The predicted molar refractivity (Wildman–Crippen MR) is 115 cm³/mol. The first kappa shape index (κ1) is 20.2. The summed E-state index contributed by atoms with van der Waals surface area (Å²) in [4.78, 5) is 12.4. The summed E-state index contributed by atoms with van der Waals surface area (Å²) in [7, 11) is 0. The zero-order chi connectivity index (χ0) is 19.9. The molecule has 0 N–H and O–H groups in total. The van der Waals surface area contributed by atoms with Crippen LogP contribution >= 0.6 is 15.9 Å². The van der Waals surface area contributed by atoms with Gasteiger partial charge < -0.3 is 9.47 Å². The summed E-state index contributed by atoms with van der Waals surface area (Å²) in [5, 5.41) is 0. The summed E-state index contributed by atoms with van der Waals surface area (Å²) in [6.45, 7) is 4.83. The van der Waals surface area contributed by atoms with E-state index in [1.54, 1.807) is 24.3 Å². The molecule has 0 heterocycles. The molecule has 0 aliphatic heterocycles. The van der Waals surface area contributed by atoms with Crippen LogP contribution in [0.2, 0.25) is 0 Å². The van der Waals surface area contributed by atoms with Crippen molar-refractivity contribution >= 4 is 21.9 Å². The van der Waals surface area contributed by atoms with Crippen LogP contribution in [0, 0.1) is 0 Å². The van der Waals surface area contributed by atoms with Crippen molar-refractivity contribution in [3.63, 3.8) is 0 Å². The zero-order valence-corrected chi connectivity index (χ0v) is 17.6. The van der Waals surface area contributed by atoms with Crippen LogP contribution in [0.15, 0.2) is 77.3 Å². The molecule has 0 radical (unpaired) electrons. The summed E-state index contributed by atoms with van der Waals surface area (Å²) in [6.07, 6.45) is 0.838. The Morgan fingerprint density at radius 1 is 0.964 bits per heavy atom. The molecular formula is C24H23BrO3. The second-order valence-electron chi connectivity index (χ2n) is 6.84. The van der Waals surface area contributed by atoms with Crippen molar-refractivity contribution in [3.8, 4) is 11.5 Å². The fraction of sp³-hybridized carbons (Fsp3) is 0.208. The molecule has 0 atom stereocenters. The first-order chi connectivity index (χ1) is 13.5. The maximum atomic E-state index is 12.4. The number of esters is 1. The minimum atomic E-state index is -0.395. The molecule has 3 rings (SSSR count). The second-order valence-corrected chi connectivity index (χ2v) is 7.70. The van der Waals surface area contributed by atoms with Crippen molar-refractivity contribution in [1.82, 2.24) is 0 Å². The molecule has 0 unspecified atom stereocenters. The average molecular weight is 439 g/mol. The minimum Gasteiger partial charge on any atom is -0.493 e. The highest BCUT2D eigenvalue weighted by Crippen LogP contribution is 2.29. The van der Waals surface area contributed by atoms with Gasteiger partial charge in [-0.3, -0.25) is 0 Å². The van der Waals surface area contributed by atoms with E-state index in [-0.39, 0.29) is 0 Å². The van der Waals surface area contributed by atoms with Gasteiger partial charge in [0.1, 0.15) is 11.5 Å². The van der Waals surface area contributed by atoms with Crippen LogP contribution < -0.4 is 9.47 Å². The van der Waals surface area contributed by atoms with Gasteiger partial charge in [-0.05, 0) is 69.4 Å². The smallest absolute Gasteiger partial charge is 0.343 e. The van der Waals surface area contributed by atoms with Crippen molar-refractivity contribution in [3.05, 3.63) is 94.0 Å². The van der Waals surface area contributed by atoms with Crippen molar-refractivity contribution in [2.75, 3.05) is 6.61 Å². The fourth-order valence-electron chi connectivity index (χ4n) is 2.74. The van der Waals surface area contributed by atoms with E-state index in [4.69, 9.17) is 9.47 Å². The maximum Gasteiger partial charge on any atom is 0.343 e. The van der Waals surface area contributed by atoms with E-state index in [2.05, 4.69) is 41.9 Å². The Balaban J connectivity index is 1.56. The summed E-state index contributed by atoms with van der Waals surface area (Å²) >= 11 is 3.48. The molecular weight excluding hydrogens is 416 g/mol. The van der Waals surface area contributed by atoms with Crippen LogP contribution in [0.1, 0.15) is 41.3 Å². The van der Waals surface area contributed by atoms with E-state index in [9.17, 15) is 4.79 Å². The molecule has 3 aromatic rings. The highest BCUT2D eigenvalue weighted by molar-refractivity contribution is 9.10. The van der Waals surface area contributed by atoms with E-state index in [0.717, 1.165) is 16.6 Å². The highest BCUT2D eigenvalue weighted by Gasteiger charge is 2.12. The van der Waals surface area contributed by atoms with Crippen LogP contribution in [-0.4, -0.2) is 12.6 Å². The fourth-order valence-corrected chi connectivity index (χ4v) is 3.21. The van der Waals surface area contributed by atoms with Gasteiger partial charge in [0.15, 0.2) is 0 Å². The highest BCUT2D eigenvalue weighted by atomic mass is 79.9. The van der Waals surface area contributed by atoms with Gasteiger partial charge in [-0.15, -0.1) is 0 Å². The Morgan fingerprint density at radius 3 is 2.32 bits per heavy atom. The molecule has 0 aliphatic carbocycles. The van der Waals surface area contributed by atoms with Crippen molar-refractivity contribution < 1.29 is 14.3 Å². The lowest BCUT2D eigenvalue weighted by molar-refractivity contribution is 0.0733. The number of halogens is 1. The monoisotopic (exact) mass is 438 g/mol. The normalized spacial score (nSPS) is 10.7. The lowest BCUT2D eigenvalue weighted by Crippen LogP contribution is -2.09. The summed E-state index contributed by atoms with van der Waals surface area (Å²) in [5.41, 5.74) is 2.90. The number of hydrogen-bond acceptors (Lipinski definition) is 3. The van der Waals surface area contributed by atoms with Crippen LogP contribution in [-0.2, 0) is 6.42 Å². The van der Waals surface area contributed by atoms with Gasteiger partial charge >= 0.3 is 5.97 Å². The lowest BCUT2D eigenvalue weighted by atomic mass is 10.0. The van der Waals surface area contributed by atoms with Gasteiger partial charge in [-0.1, -0.05) is 50.2 Å². The van der Waals surface area contributed by atoms with Crippen LogP contribution in [0.4, 0.5) is 0 Å². The van der Waals surface area contributed by atoms with Gasteiger partial charge in [0, 0.05) is 6.42 Å². The van der Waals surface area contributed by atoms with E-state index < -0.39 is 5.97 Å². The van der Waals surface area contributed by atoms with E-state index in [1.165, 1.54) is 11.1 Å². The van der Waals surface area contributed by atoms with Crippen molar-refractivity contribution in [2.45, 2.75) is 26.2 Å². The molecule has 144 valence electrons. The topological polar surface area (TPSA) is 35.5 Å². The third-order valence-corrected chi connectivity index (χ3v) is 5.04. The van der Waals surface area contributed by atoms with Crippen molar-refractivity contribution in [2.24, 2.45) is 0 Å².